The Morgan fingerprint density at radius 1 is 1.16 bits per heavy atom. The van der Waals surface area contributed by atoms with Crippen LogP contribution in [-0.2, 0) is 12.8 Å². The second kappa shape index (κ2) is 8.19. The molecule has 5 rings (SSSR count). The lowest BCUT2D eigenvalue weighted by Gasteiger charge is -2.09. The fourth-order valence-electron chi connectivity index (χ4n) is 3.70. The molecule has 5 nitrogen and oxygen atoms in total. The van der Waals surface area contributed by atoms with Crippen LogP contribution in [0.1, 0.15) is 31.0 Å². The molecular weight excluding hydrogens is 418 g/mol. The van der Waals surface area contributed by atoms with Crippen molar-refractivity contribution in [2.45, 2.75) is 32.6 Å². The first-order chi connectivity index (χ1) is 15.1. The summed E-state index contributed by atoms with van der Waals surface area (Å²) >= 11 is 1.54. The van der Waals surface area contributed by atoms with Gasteiger partial charge in [0.1, 0.15) is 29.3 Å². The third kappa shape index (κ3) is 3.72. The summed E-state index contributed by atoms with van der Waals surface area (Å²) in [6.45, 7) is 2.72. The number of thiophene rings is 1. The Morgan fingerprint density at radius 2 is 2.06 bits per heavy atom. The summed E-state index contributed by atoms with van der Waals surface area (Å²) in [5.74, 6) is -0.0372. The Labute approximate surface area is 182 Å². The highest BCUT2D eigenvalue weighted by atomic mass is 32.1. The predicted molar refractivity (Wildman–Crippen MR) is 116 cm³/mol. The van der Waals surface area contributed by atoms with E-state index >= 15 is 0 Å². The minimum Gasteiger partial charge on any atom is -0.491 e. The molecule has 0 spiro atoms. The lowest BCUT2D eigenvalue weighted by molar-refractivity contribution is 0.325. The van der Waals surface area contributed by atoms with Crippen molar-refractivity contribution in [2.75, 3.05) is 6.61 Å². The van der Waals surface area contributed by atoms with Crippen molar-refractivity contribution < 1.29 is 13.5 Å². The summed E-state index contributed by atoms with van der Waals surface area (Å²) in [7, 11) is 0. The third-order valence-electron chi connectivity index (χ3n) is 5.26. The average molecular weight is 439 g/mol. The molecule has 8 heteroatoms. The Bertz CT molecular complexity index is 1250. The van der Waals surface area contributed by atoms with E-state index in [2.05, 4.69) is 17.0 Å². The van der Waals surface area contributed by atoms with Crippen LogP contribution in [0.2, 0.25) is 0 Å². The highest BCUT2D eigenvalue weighted by Crippen LogP contribution is 2.42. The van der Waals surface area contributed by atoms with Crippen LogP contribution < -0.4 is 4.74 Å². The zero-order chi connectivity index (χ0) is 21.4. The number of halogens is 2. The third-order valence-corrected chi connectivity index (χ3v) is 6.44. The lowest BCUT2D eigenvalue weighted by atomic mass is 10.1. The molecule has 158 valence electrons. The summed E-state index contributed by atoms with van der Waals surface area (Å²) in [5, 5.41) is 4.18. The molecule has 0 aliphatic carbocycles. The zero-order valence-electron chi connectivity index (χ0n) is 16.9. The summed E-state index contributed by atoms with van der Waals surface area (Å²) in [5.41, 5.74) is 3.16. The molecule has 0 radical (unpaired) electrons. The zero-order valence-corrected chi connectivity index (χ0v) is 17.8. The second-order valence-corrected chi connectivity index (χ2v) is 8.46. The monoisotopic (exact) mass is 438 g/mol. The largest absolute Gasteiger partial charge is 0.491 e. The summed E-state index contributed by atoms with van der Waals surface area (Å²) in [6, 6.07) is 9.50. The van der Waals surface area contributed by atoms with Gasteiger partial charge in [0.2, 0.25) is 0 Å². The Kier molecular flexibility index (Phi) is 5.23. The van der Waals surface area contributed by atoms with E-state index in [-0.39, 0.29) is 5.69 Å². The maximum atomic E-state index is 14.4. The van der Waals surface area contributed by atoms with Crippen molar-refractivity contribution in [3.63, 3.8) is 0 Å². The molecule has 0 atom stereocenters. The Balaban J connectivity index is 1.59. The van der Waals surface area contributed by atoms with E-state index in [1.54, 1.807) is 0 Å². The molecule has 4 heterocycles. The standard InChI is InChI=1S/C23H20F2N4OS/c1-2-3-4-16-6-8-19-21(28-16)22-14(9-10-30-19)11-20(31-22)23-26-13-27-29(23)18-7-5-15(24)12-17(18)25/h5-8,11-13H,2-4,9-10H2,1H3. The molecule has 0 saturated heterocycles. The van der Waals surface area contributed by atoms with Gasteiger partial charge in [-0.3, -0.25) is 0 Å². The predicted octanol–water partition coefficient (Wildman–Crippen LogP) is 5.61. The molecule has 1 aliphatic rings. The van der Waals surface area contributed by atoms with Gasteiger partial charge < -0.3 is 4.74 Å². The first-order valence-electron chi connectivity index (χ1n) is 10.3. The SMILES string of the molecule is CCCCc1ccc2c(n1)-c1sc(-c3ncnn3-c3ccc(F)cc3F)cc1CCO2. The second-order valence-electron chi connectivity index (χ2n) is 7.41. The quantitative estimate of drug-likeness (QED) is 0.406. The van der Waals surface area contributed by atoms with Crippen molar-refractivity contribution in [3.05, 3.63) is 65.6 Å². The number of aromatic nitrogens is 4. The smallest absolute Gasteiger partial charge is 0.173 e. The number of hydrogen-bond acceptors (Lipinski definition) is 5. The fraction of sp³-hybridized carbons (Fsp3) is 0.261. The van der Waals surface area contributed by atoms with Crippen LogP contribution in [0.5, 0.6) is 5.75 Å². The molecule has 4 aromatic rings. The topological polar surface area (TPSA) is 52.8 Å². The van der Waals surface area contributed by atoms with Crippen LogP contribution in [0, 0.1) is 11.6 Å². The first kappa shape index (κ1) is 19.8. The van der Waals surface area contributed by atoms with Gasteiger partial charge in [0.15, 0.2) is 11.6 Å². The molecule has 0 bridgehead atoms. The van der Waals surface area contributed by atoms with E-state index in [1.807, 2.05) is 18.2 Å². The van der Waals surface area contributed by atoms with Crippen molar-refractivity contribution >= 4 is 11.3 Å². The van der Waals surface area contributed by atoms with E-state index < -0.39 is 11.6 Å². The van der Waals surface area contributed by atoms with Gasteiger partial charge in [0, 0.05) is 18.2 Å². The molecule has 3 aromatic heterocycles. The maximum Gasteiger partial charge on any atom is 0.173 e. The number of hydrogen-bond donors (Lipinski definition) is 0. The van der Waals surface area contributed by atoms with Gasteiger partial charge in [-0.15, -0.1) is 11.3 Å². The van der Waals surface area contributed by atoms with Crippen LogP contribution >= 0.6 is 11.3 Å². The van der Waals surface area contributed by atoms with E-state index in [1.165, 1.54) is 34.5 Å². The molecule has 0 unspecified atom stereocenters. The van der Waals surface area contributed by atoms with Crippen LogP contribution in [0.4, 0.5) is 8.78 Å². The summed E-state index contributed by atoms with van der Waals surface area (Å²) in [6.07, 6.45) is 5.24. The van der Waals surface area contributed by atoms with Gasteiger partial charge in [-0.25, -0.2) is 23.4 Å². The number of unbranched alkanes of at least 4 members (excludes halogenated alkanes) is 1. The van der Waals surface area contributed by atoms with Gasteiger partial charge in [-0.2, -0.15) is 5.10 Å². The molecule has 1 aliphatic heterocycles. The minimum atomic E-state index is -0.689. The highest BCUT2D eigenvalue weighted by molar-refractivity contribution is 7.19. The number of pyridine rings is 1. The Hall–Kier alpha value is -3.13. The molecular formula is C23H20F2N4OS. The van der Waals surface area contributed by atoms with Crippen molar-refractivity contribution in [3.8, 4) is 32.7 Å². The summed E-state index contributed by atoms with van der Waals surface area (Å²) in [4.78, 5) is 11.1. The van der Waals surface area contributed by atoms with Crippen molar-refractivity contribution in [2.24, 2.45) is 0 Å². The summed E-state index contributed by atoms with van der Waals surface area (Å²) < 4.78 is 35.1. The maximum absolute atomic E-state index is 14.4. The van der Waals surface area contributed by atoms with Gasteiger partial charge in [-0.05, 0) is 48.7 Å². The number of rotatable bonds is 5. The van der Waals surface area contributed by atoms with Crippen molar-refractivity contribution in [1.29, 1.82) is 0 Å². The van der Waals surface area contributed by atoms with Gasteiger partial charge in [0.05, 0.1) is 16.4 Å². The van der Waals surface area contributed by atoms with E-state index in [9.17, 15) is 8.78 Å². The first-order valence-corrected chi connectivity index (χ1v) is 11.1. The van der Waals surface area contributed by atoms with Crippen LogP contribution in [0.3, 0.4) is 0 Å². The molecule has 0 amide bonds. The Morgan fingerprint density at radius 3 is 2.90 bits per heavy atom. The fourth-order valence-corrected chi connectivity index (χ4v) is 4.88. The van der Waals surface area contributed by atoms with E-state index in [0.29, 0.717) is 12.4 Å². The number of aryl methyl sites for hydroxylation is 1. The molecule has 0 saturated carbocycles. The van der Waals surface area contributed by atoms with E-state index in [4.69, 9.17) is 9.72 Å². The highest BCUT2D eigenvalue weighted by Gasteiger charge is 2.23. The molecule has 0 N–H and O–H groups in total. The normalized spacial score (nSPS) is 12.7. The number of nitrogens with zero attached hydrogens (tertiary/aromatic N) is 4. The molecule has 0 fully saturated rings. The van der Waals surface area contributed by atoms with Gasteiger partial charge in [0.25, 0.3) is 0 Å². The number of fused-ring (bicyclic) bond motifs is 3. The van der Waals surface area contributed by atoms with Gasteiger partial charge >= 0.3 is 0 Å². The van der Waals surface area contributed by atoms with E-state index in [0.717, 1.165) is 64.2 Å². The molecule has 31 heavy (non-hydrogen) atoms. The van der Waals surface area contributed by atoms with Gasteiger partial charge in [-0.1, -0.05) is 13.3 Å². The van der Waals surface area contributed by atoms with Crippen molar-refractivity contribution in [1.82, 2.24) is 19.7 Å². The minimum absolute atomic E-state index is 0.154. The molecule has 1 aromatic carbocycles. The lowest BCUT2D eigenvalue weighted by Crippen LogP contribution is -2.02. The van der Waals surface area contributed by atoms with Crippen LogP contribution in [0.15, 0.2) is 42.7 Å². The van der Waals surface area contributed by atoms with Crippen LogP contribution in [0.25, 0.3) is 27.0 Å². The number of ether oxygens (including phenoxy) is 1. The number of benzene rings is 1. The van der Waals surface area contributed by atoms with Crippen LogP contribution in [-0.4, -0.2) is 26.4 Å². The average Bonchev–Trinajstić information content (AvgIpc) is 3.37.